The van der Waals surface area contributed by atoms with Gasteiger partial charge in [-0.15, -0.1) is 11.3 Å². The summed E-state index contributed by atoms with van der Waals surface area (Å²) in [6, 6.07) is 15.0. The van der Waals surface area contributed by atoms with E-state index in [0.717, 1.165) is 41.9 Å². The Morgan fingerprint density at radius 3 is 2.79 bits per heavy atom. The van der Waals surface area contributed by atoms with E-state index < -0.39 is 5.95 Å². The molecule has 1 aromatic carbocycles. The first-order chi connectivity index (χ1) is 18.4. The minimum atomic E-state index is -0.549. The number of hydrogen-bond acceptors (Lipinski definition) is 6. The zero-order valence-corrected chi connectivity index (χ0v) is 22.0. The van der Waals surface area contributed by atoms with Gasteiger partial charge in [-0.05, 0) is 67.3 Å². The summed E-state index contributed by atoms with van der Waals surface area (Å²) in [6.45, 7) is 4.77. The molecule has 38 heavy (non-hydrogen) atoms. The first kappa shape index (κ1) is 25.6. The van der Waals surface area contributed by atoms with E-state index in [9.17, 15) is 14.0 Å². The summed E-state index contributed by atoms with van der Waals surface area (Å²) in [4.78, 5) is 35.1. The molecule has 2 N–H and O–H groups in total. The average Bonchev–Trinajstić information content (AvgIpc) is 3.65. The second-order valence-electron chi connectivity index (χ2n) is 9.40. The van der Waals surface area contributed by atoms with Gasteiger partial charge in [0.15, 0.2) is 5.13 Å². The third-order valence-electron chi connectivity index (χ3n) is 6.69. The topological polar surface area (TPSA) is 92.2 Å². The van der Waals surface area contributed by atoms with E-state index in [1.165, 1.54) is 30.5 Å². The van der Waals surface area contributed by atoms with Crippen molar-refractivity contribution in [2.45, 2.75) is 45.3 Å². The van der Waals surface area contributed by atoms with Crippen LogP contribution in [0, 0.1) is 5.95 Å². The molecule has 0 aliphatic carbocycles. The van der Waals surface area contributed by atoms with Gasteiger partial charge in [-0.1, -0.05) is 12.1 Å². The summed E-state index contributed by atoms with van der Waals surface area (Å²) in [7, 11) is 0. The molecule has 4 aromatic rings. The van der Waals surface area contributed by atoms with Crippen LogP contribution in [0.5, 0.6) is 0 Å². The van der Waals surface area contributed by atoms with Gasteiger partial charge < -0.3 is 14.8 Å². The highest BCUT2D eigenvalue weighted by Gasteiger charge is 2.28. The lowest BCUT2D eigenvalue weighted by Gasteiger charge is -2.26. The molecule has 10 heteroatoms. The number of benzene rings is 1. The predicted octanol–water partition coefficient (Wildman–Crippen LogP) is 5.32. The molecule has 3 aromatic heterocycles. The number of anilines is 2. The van der Waals surface area contributed by atoms with Crippen LogP contribution < -0.4 is 15.5 Å². The van der Waals surface area contributed by atoms with E-state index in [1.54, 1.807) is 29.0 Å². The number of nitrogens with one attached hydrogen (secondary N) is 2. The Bertz CT molecular complexity index is 1430. The molecule has 4 heterocycles. The van der Waals surface area contributed by atoms with Gasteiger partial charge in [-0.3, -0.25) is 14.9 Å². The van der Waals surface area contributed by atoms with Crippen LogP contribution in [-0.2, 0) is 11.3 Å². The van der Waals surface area contributed by atoms with Crippen LogP contribution in [0.4, 0.5) is 15.2 Å². The van der Waals surface area contributed by atoms with Crippen LogP contribution in [-0.4, -0.2) is 32.9 Å². The molecular weight excluding hydrogens is 503 g/mol. The number of nitrogens with zero attached hydrogens (tertiary/aromatic N) is 4. The van der Waals surface area contributed by atoms with Crippen molar-refractivity contribution >= 4 is 34.0 Å². The van der Waals surface area contributed by atoms with Gasteiger partial charge in [-0.25, -0.2) is 9.97 Å². The lowest BCUT2D eigenvalue weighted by atomic mass is 10.1. The third-order valence-corrected chi connectivity index (χ3v) is 7.46. The second-order valence-corrected chi connectivity index (χ2v) is 10.3. The summed E-state index contributed by atoms with van der Waals surface area (Å²) >= 11 is 1.41. The standard InChI is InChI=1S/C28H29FN6O2S/c1-18(31-19(2)36)21-7-9-22(10-8-21)35-14-4-5-24(35)23-17-38-28(32-23)33-27(37)25-6-3-13-34(25)16-20-11-12-30-26(29)15-20/h3,6-13,15,17-18,24H,4-5,14,16H2,1-2H3,(H,31,36)(H,32,33,37)/t18-,24+/m0/s1. The fourth-order valence-electron chi connectivity index (χ4n) is 4.88. The van der Waals surface area contributed by atoms with Gasteiger partial charge in [0.1, 0.15) is 5.69 Å². The Morgan fingerprint density at radius 1 is 1.21 bits per heavy atom. The van der Waals surface area contributed by atoms with Gasteiger partial charge in [0, 0.05) is 43.5 Å². The van der Waals surface area contributed by atoms with Crippen LogP contribution >= 0.6 is 11.3 Å². The monoisotopic (exact) mass is 532 g/mol. The van der Waals surface area contributed by atoms with Crippen molar-refractivity contribution in [1.82, 2.24) is 19.9 Å². The summed E-state index contributed by atoms with van der Waals surface area (Å²) in [6.07, 6.45) is 5.24. The highest BCUT2D eigenvalue weighted by molar-refractivity contribution is 7.14. The van der Waals surface area contributed by atoms with Crippen LogP contribution in [0.3, 0.4) is 0 Å². The SMILES string of the molecule is CC(=O)N[C@@H](C)c1ccc(N2CCC[C@@H]2c2csc(NC(=O)c3cccn3Cc3ccnc(F)c3)n2)cc1. The van der Waals surface area contributed by atoms with Crippen LogP contribution in [0.15, 0.2) is 66.3 Å². The molecule has 0 unspecified atom stereocenters. The first-order valence-electron chi connectivity index (χ1n) is 12.5. The van der Waals surface area contributed by atoms with E-state index in [-0.39, 0.29) is 23.9 Å². The van der Waals surface area contributed by atoms with Gasteiger partial charge in [-0.2, -0.15) is 4.39 Å². The van der Waals surface area contributed by atoms with Crippen molar-refractivity contribution in [3.8, 4) is 0 Å². The maximum atomic E-state index is 13.5. The summed E-state index contributed by atoms with van der Waals surface area (Å²) < 4.78 is 15.2. The van der Waals surface area contributed by atoms with Crippen molar-refractivity contribution in [3.05, 3.63) is 94.8 Å². The fourth-order valence-corrected chi connectivity index (χ4v) is 5.63. The van der Waals surface area contributed by atoms with Crippen LogP contribution in [0.25, 0.3) is 0 Å². The van der Waals surface area contributed by atoms with E-state index in [4.69, 9.17) is 4.98 Å². The third kappa shape index (κ3) is 5.75. The molecule has 2 atom stereocenters. The Balaban J connectivity index is 1.26. The fraction of sp³-hybridized carbons (Fsp3) is 0.286. The number of carbonyl (C=O) groups excluding carboxylic acids is 2. The molecule has 1 aliphatic rings. The van der Waals surface area contributed by atoms with E-state index >= 15 is 0 Å². The molecule has 1 fully saturated rings. The number of amides is 2. The maximum absolute atomic E-state index is 13.5. The van der Waals surface area contributed by atoms with Crippen molar-refractivity contribution in [1.29, 1.82) is 0 Å². The lowest BCUT2D eigenvalue weighted by Crippen LogP contribution is -2.24. The molecule has 0 spiro atoms. The molecule has 196 valence electrons. The number of carbonyl (C=O) groups is 2. The summed E-state index contributed by atoms with van der Waals surface area (Å²) in [5.41, 5.74) is 4.28. The van der Waals surface area contributed by atoms with E-state index in [1.807, 2.05) is 24.4 Å². The maximum Gasteiger partial charge on any atom is 0.274 e. The lowest BCUT2D eigenvalue weighted by molar-refractivity contribution is -0.119. The zero-order valence-electron chi connectivity index (χ0n) is 21.2. The van der Waals surface area contributed by atoms with Crippen molar-refractivity contribution in [2.75, 3.05) is 16.8 Å². The normalized spacial score (nSPS) is 15.9. The predicted molar refractivity (Wildman–Crippen MR) is 146 cm³/mol. The largest absolute Gasteiger partial charge is 0.363 e. The van der Waals surface area contributed by atoms with Crippen LogP contribution in [0.2, 0.25) is 0 Å². The molecule has 0 bridgehead atoms. The van der Waals surface area contributed by atoms with E-state index in [2.05, 4.69) is 32.7 Å². The number of pyridine rings is 1. The number of hydrogen-bond donors (Lipinski definition) is 2. The zero-order chi connectivity index (χ0) is 26.6. The average molecular weight is 533 g/mol. The Hall–Kier alpha value is -4.05. The van der Waals surface area contributed by atoms with Gasteiger partial charge >= 0.3 is 0 Å². The van der Waals surface area contributed by atoms with Crippen molar-refractivity contribution in [2.24, 2.45) is 0 Å². The van der Waals surface area contributed by atoms with Gasteiger partial charge in [0.2, 0.25) is 11.9 Å². The van der Waals surface area contributed by atoms with Gasteiger partial charge in [0.05, 0.1) is 17.8 Å². The minimum absolute atomic E-state index is 0.0485. The first-order valence-corrected chi connectivity index (χ1v) is 13.4. The molecule has 5 rings (SSSR count). The summed E-state index contributed by atoms with van der Waals surface area (Å²) in [5.74, 6) is -0.866. The van der Waals surface area contributed by atoms with Crippen molar-refractivity contribution < 1.29 is 14.0 Å². The molecular formula is C28H29FN6O2S. The summed E-state index contributed by atoms with van der Waals surface area (Å²) in [5, 5.41) is 8.38. The molecule has 0 saturated carbocycles. The van der Waals surface area contributed by atoms with Crippen molar-refractivity contribution in [3.63, 3.8) is 0 Å². The minimum Gasteiger partial charge on any atom is -0.363 e. The quantitative estimate of drug-likeness (QED) is 0.300. The Kier molecular flexibility index (Phi) is 7.50. The molecule has 0 radical (unpaired) electrons. The molecule has 8 nitrogen and oxygen atoms in total. The second kappa shape index (κ2) is 11.1. The Labute approximate surface area is 224 Å². The number of aromatic nitrogens is 3. The Morgan fingerprint density at radius 2 is 2.03 bits per heavy atom. The smallest absolute Gasteiger partial charge is 0.274 e. The number of rotatable bonds is 8. The van der Waals surface area contributed by atoms with Crippen LogP contribution in [0.1, 0.15) is 66.1 Å². The molecule has 1 saturated heterocycles. The highest BCUT2D eigenvalue weighted by atomic mass is 32.1. The molecule has 1 aliphatic heterocycles. The highest BCUT2D eigenvalue weighted by Crippen LogP contribution is 2.37. The number of thiazole rings is 1. The van der Waals surface area contributed by atoms with E-state index in [0.29, 0.717) is 17.4 Å². The number of halogens is 1. The van der Waals surface area contributed by atoms with Gasteiger partial charge in [0.25, 0.3) is 5.91 Å². The molecule has 2 amide bonds.